The number of thioether (sulfide) groups is 1. The van der Waals surface area contributed by atoms with Gasteiger partial charge in [-0.1, -0.05) is 49.0 Å². The molecule has 4 rings (SSSR count). The van der Waals surface area contributed by atoms with Crippen molar-refractivity contribution in [1.29, 1.82) is 0 Å². The van der Waals surface area contributed by atoms with E-state index < -0.39 is 5.25 Å². The van der Waals surface area contributed by atoms with Gasteiger partial charge in [0.15, 0.2) is 5.16 Å². The summed E-state index contributed by atoms with van der Waals surface area (Å²) in [6.45, 7) is 3.98. The molecule has 0 saturated carbocycles. The molecule has 0 spiro atoms. The Hall–Kier alpha value is -3.26. The van der Waals surface area contributed by atoms with Crippen molar-refractivity contribution in [3.8, 4) is 11.4 Å². The Kier molecular flexibility index (Phi) is 5.99. The lowest BCUT2D eigenvalue weighted by Gasteiger charge is -2.18. The van der Waals surface area contributed by atoms with Gasteiger partial charge >= 0.3 is 5.97 Å². The van der Waals surface area contributed by atoms with Gasteiger partial charge in [0.1, 0.15) is 22.0 Å². The van der Waals surface area contributed by atoms with Crippen LogP contribution in [0.4, 0.5) is 0 Å². The van der Waals surface area contributed by atoms with E-state index in [1.807, 2.05) is 43.3 Å². The molecule has 31 heavy (non-hydrogen) atoms. The lowest BCUT2D eigenvalue weighted by Crippen LogP contribution is -2.25. The molecule has 0 amide bonds. The number of hydrogen-bond acceptors (Lipinski definition) is 6. The van der Waals surface area contributed by atoms with Crippen LogP contribution in [0.2, 0.25) is 0 Å². The molecule has 0 aliphatic rings. The molecule has 2 heterocycles. The van der Waals surface area contributed by atoms with E-state index in [9.17, 15) is 9.59 Å². The summed E-state index contributed by atoms with van der Waals surface area (Å²) in [6.07, 6.45) is 0.539. The minimum Gasteiger partial charge on any atom is -0.495 e. The molecule has 0 radical (unpaired) electrons. The smallest absolute Gasteiger partial charge is 0.319 e. The molecule has 4 aromatic rings. The van der Waals surface area contributed by atoms with E-state index in [0.29, 0.717) is 40.7 Å². The number of methoxy groups -OCH3 is 1. The van der Waals surface area contributed by atoms with Crippen LogP contribution >= 0.6 is 11.8 Å². The lowest BCUT2D eigenvalue weighted by atomic mass is 10.2. The molecule has 0 fully saturated rings. The molecule has 8 heteroatoms. The van der Waals surface area contributed by atoms with E-state index in [4.69, 9.17) is 14.5 Å². The zero-order valence-corrected chi connectivity index (χ0v) is 18.4. The van der Waals surface area contributed by atoms with Crippen molar-refractivity contribution in [2.45, 2.75) is 30.7 Å². The van der Waals surface area contributed by atoms with Gasteiger partial charge in [-0.2, -0.15) is 0 Å². The number of hydrogen-bond donors (Lipinski definition) is 1. The van der Waals surface area contributed by atoms with E-state index in [1.165, 1.54) is 16.3 Å². The fourth-order valence-electron chi connectivity index (χ4n) is 3.51. The van der Waals surface area contributed by atoms with Crippen LogP contribution in [-0.4, -0.2) is 39.5 Å². The molecule has 1 unspecified atom stereocenters. The zero-order valence-electron chi connectivity index (χ0n) is 17.5. The summed E-state index contributed by atoms with van der Waals surface area (Å²) < 4.78 is 12.2. The Balaban J connectivity index is 2.00. The fraction of sp³-hybridized carbons (Fsp3) is 0.261. The highest BCUT2D eigenvalue weighted by Crippen LogP contribution is 2.32. The first-order valence-corrected chi connectivity index (χ1v) is 11.0. The number of carbonyl (C=O) groups is 1. The molecule has 0 saturated heterocycles. The minimum atomic E-state index is -0.490. The number of fused-ring (bicyclic) bond motifs is 3. The number of H-pyrrole nitrogens is 1. The van der Waals surface area contributed by atoms with Gasteiger partial charge in [-0.15, -0.1) is 0 Å². The Morgan fingerprint density at radius 1 is 1.16 bits per heavy atom. The van der Waals surface area contributed by atoms with Gasteiger partial charge in [-0.3, -0.25) is 9.59 Å². The molecule has 160 valence electrons. The largest absolute Gasteiger partial charge is 0.495 e. The van der Waals surface area contributed by atoms with Crippen molar-refractivity contribution >= 4 is 39.7 Å². The summed E-state index contributed by atoms with van der Waals surface area (Å²) >= 11 is 1.23. The Morgan fingerprint density at radius 2 is 1.90 bits per heavy atom. The maximum Gasteiger partial charge on any atom is 0.319 e. The average Bonchev–Trinajstić information content (AvgIpc) is 3.17. The SMILES string of the molecule is CCOC(=O)C(CC)Sc1nc2c([nH]c3ccccc32)c(=O)n1-c1ccccc1OC. The van der Waals surface area contributed by atoms with Crippen LogP contribution in [0.15, 0.2) is 58.5 Å². The number of aromatic amines is 1. The van der Waals surface area contributed by atoms with Crippen molar-refractivity contribution in [3.05, 3.63) is 58.9 Å². The first-order chi connectivity index (χ1) is 15.1. The summed E-state index contributed by atoms with van der Waals surface area (Å²) in [4.78, 5) is 34.2. The summed E-state index contributed by atoms with van der Waals surface area (Å²) in [7, 11) is 1.55. The van der Waals surface area contributed by atoms with Crippen LogP contribution in [-0.2, 0) is 9.53 Å². The third-order valence-corrected chi connectivity index (χ3v) is 6.28. The van der Waals surface area contributed by atoms with Gasteiger partial charge in [0.25, 0.3) is 5.56 Å². The highest BCUT2D eigenvalue weighted by molar-refractivity contribution is 8.00. The zero-order chi connectivity index (χ0) is 22.0. The Morgan fingerprint density at radius 3 is 2.65 bits per heavy atom. The van der Waals surface area contributed by atoms with Gasteiger partial charge < -0.3 is 14.5 Å². The quantitative estimate of drug-likeness (QED) is 0.263. The van der Waals surface area contributed by atoms with E-state index in [2.05, 4.69) is 4.98 Å². The minimum absolute atomic E-state index is 0.257. The van der Waals surface area contributed by atoms with Crippen molar-refractivity contribution in [1.82, 2.24) is 14.5 Å². The predicted molar refractivity (Wildman–Crippen MR) is 122 cm³/mol. The Bertz CT molecular complexity index is 1310. The number of nitrogens with one attached hydrogen (secondary N) is 1. The number of rotatable bonds is 7. The van der Waals surface area contributed by atoms with E-state index in [1.54, 1.807) is 26.2 Å². The molecule has 1 N–H and O–H groups in total. The van der Waals surface area contributed by atoms with Crippen molar-refractivity contribution < 1.29 is 14.3 Å². The number of carbonyl (C=O) groups excluding carboxylic acids is 1. The molecule has 0 aliphatic heterocycles. The van der Waals surface area contributed by atoms with E-state index >= 15 is 0 Å². The monoisotopic (exact) mass is 437 g/mol. The summed E-state index contributed by atoms with van der Waals surface area (Å²) in [5, 5.41) is 0.773. The normalized spacial score (nSPS) is 12.2. The number of esters is 1. The van der Waals surface area contributed by atoms with Crippen molar-refractivity contribution in [3.63, 3.8) is 0 Å². The maximum absolute atomic E-state index is 13.7. The molecule has 2 aromatic carbocycles. The van der Waals surface area contributed by atoms with Crippen molar-refractivity contribution in [2.24, 2.45) is 0 Å². The van der Waals surface area contributed by atoms with Crippen LogP contribution < -0.4 is 10.3 Å². The number of para-hydroxylation sites is 3. The molecule has 1 atom stereocenters. The second-order valence-electron chi connectivity index (χ2n) is 6.87. The van der Waals surface area contributed by atoms with Crippen molar-refractivity contribution in [2.75, 3.05) is 13.7 Å². The third kappa shape index (κ3) is 3.79. The standard InChI is InChI=1S/C23H23N3O4S/c1-4-18(22(28)30-5-2)31-23-25-19-14-10-6-7-11-15(14)24-20(19)21(27)26(23)16-12-8-9-13-17(16)29-3/h6-13,18,24H,4-5H2,1-3H3. The van der Waals surface area contributed by atoms with E-state index in [0.717, 1.165) is 10.9 Å². The molecule has 2 aromatic heterocycles. The average molecular weight is 438 g/mol. The Labute approximate surface area is 183 Å². The predicted octanol–water partition coefficient (Wildman–Crippen LogP) is 4.31. The van der Waals surface area contributed by atoms with Crippen LogP contribution in [0.5, 0.6) is 5.75 Å². The first kappa shape index (κ1) is 21.0. The van der Waals surface area contributed by atoms with Crippen LogP contribution in [0.1, 0.15) is 20.3 Å². The van der Waals surface area contributed by atoms with E-state index in [-0.39, 0.29) is 11.5 Å². The summed E-state index contributed by atoms with van der Waals surface area (Å²) in [5.41, 5.74) is 2.11. The number of benzene rings is 2. The number of ether oxygens (including phenoxy) is 2. The summed E-state index contributed by atoms with van der Waals surface area (Å²) in [5.74, 6) is 0.211. The first-order valence-electron chi connectivity index (χ1n) is 10.1. The third-order valence-electron chi connectivity index (χ3n) is 4.99. The highest BCUT2D eigenvalue weighted by atomic mass is 32.2. The molecular weight excluding hydrogens is 414 g/mol. The maximum atomic E-state index is 13.7. The van der Waals surface area contributed by atoms with Crippen LogP contribution in [0.3, 0.4) is 0 Å². The van der Waals surface area contributed by atoms with Gasteiger partial charge in [0.2, 0.25) is 0 Å². The van der Waals surface area contributed by atoms with Gasteiger partial charge in [-0.25, -0.2) is 9.55 Å². The van der Waals surface area contributed by atoms with Crippen LogP contribution in [0, 0.1) is 0 Å². The fourth-order valence-corrected chi connectivity index (χ4v) is 4.52. The molecule has 7 nitrogen and oxygen atoms in total. The van der Waals surface area contributed by atoms with Gasteiger partial charge in [0, 0.05) is 10.9 Å². The van der Waals surface area contributed by atoms with Gasteiger partial charge in [0.05, 0.1) is 19.4 Å². The topological polar surface area (TPSA) is 86.2 Å². The molecular formula is C23H23N3O4S. The second kappa shape index (κ2) is 8.85. The van der Waals surface area contributed by atoms with Gasteiger partial charge in [-0.05, 0) is 31.5 Å². The summed E-state index contributed by atoms with van der Waals surface area (Å²) in [6, 6.07) is 14.9. The van der Waals surface area contributed by atoms with Crippen LogP contribution in [0.25, 0.3) is 27.6 Å². The number of aromatic nitrogens is 3. The lowest BCUT2D eigenvalue weighted by molar-refractivity contribution is -0.142. The molecule has 0 bridgehead atoms. The second-order valence-corrected chi connectivity index (χ2v) is 8.04. The highest BCUT2D eigenvalue weighted by Gasteiger charge is 2.25. The molecule has 0 aliphatic carbocycles. The number of nitrogens with zero attached hydrogens (tertiary/aromatic N) is 2.